The third-order valence-electron chi connectivity index (χ3n) is 9.11. The molecule has 12 heteroatoms. The Kier molecular flexibility index (Phi) is 4.86. The summed E-state index contributed by atoms with van der Waals surface area (Å²) in [7, 11) is 0. The molecule has 212 valence electrons. The number of aliphatic hydroxyl groups is 5. The number of rotatable bonds is 4. The van der Waals surface area contributed by atoms with Crippen LogP contribution in [-0.2, 0) is 15.2 Å². The number of epoxide rings is 1. The summed E-state index contributed by atoms with van der Waals surface area (Å²) in [6.07, 6.45) is -4.91. The Morgan fingerprint density at radius 2 is 1.67 bits per heavy atom. The summed E-state index contributed by atoms with van der Waals surface area (Å²) in [5.41, 5.74) is 0.757. The summed E-state index contributed by atoms with van der Waals surface area (Å²) < 4.78 is 13.4. The minimum Gasteiger partial charge on any atom is -0.394 e. The molecular formula is C30H25N5O7. The van der Waals surface area contributed by atoms with Crippen molar-refractivity contribution in [1.29, 1.82) is 0 Å². The number of aliphatic hydroxyl groups excluding tert-OH is 5. The number of nitrogens with zero attached hydrogens (tertiary/aromatic N) is 4. The average molecular weight is 568 g/mol. The second-order valence-electron chi connectivity index (χ2n) is 11.3. The fourth-order valence-electron chi connectivity index (χ4n) is 7.09. The van der Waals surface area contributed by atoms with E-state index in [-0.39, 0.29) is 0 Å². The molecule has 2 aliphatic heterocycles. The standard InChI is InChI=1S/C30H25N5O7/c36-9-17-23(38)25(40)29(41-17)35-11-33-21-27(31-10-32-28(21)35)34-30-20-15-7-6-13-3-1-2-12-4-5-14(19(15)18(12)13)8-16(20)22(37)24(39)26(30)42-30/h1-8,10-11,17,22-26,29,36-40H,9H2,(H,31,32,34)/t17-,22?,23-,24?,25-,26?,29-,30?/m1/s1. The van der Waals surface area contributed by atoms with Crippen LogP contribution in [0.1, 0.15) is 23.5 Å². The van der Waals surface area contributed by atoms with Gasteiger partial charge in [-0.25, -0.2) is 15.0 Å². The van der Waals surface area contributed by atoms with Gasteiger partial charge in [0.2, 0.25) is 0 Å². The lowest BCUT2D eigenvalue weighted by Gasteiger charge is -2.31. The molecule has 2 fully saturated rings. The van der Waals surface area contributed by atoms with Crippen LogP contribution in [0.3, 0.4) is 0 Å². The first-order valence-electron chi connectivity index (χ1n) is 13.7. The van der Waals surface area contributed by atoms with Crippen LogP contribution in [-0.4, -0.2) is 82.2 Å². The van der Waals surface area contributed by atoms with Crippen molar-refractivity contribution in [1.82, 2.24) is 19.5 Å². The smallest absolute Gasteiger partial charge is 0.197 e. The SMILES string of the molecule is OC[C@H]1O[C@@H](n2cnc3c(NC45OC4C(O)C(O)c4cc6ccc7cccc8ccc(c45)c6c78)ncnc32)[C@H](O)[C@@H]1O. The van der Waals surface area contributed by atoms with Crippen molar-refractivity contribution in [2.45, 2.75) is 48.6 Å². The maximum absolute atomic E-state index is 11.2. The van der Waals surface area contributed by atoms with E-state index in [0.717, 1.165) is 37.9 Å². The molecule has 3 aliphatic rings. The number of hydrogen-bond donors (Lipinski definition) is 6. The number of ether oxygens (including phenoxy) is 2. The third-order valence-corrected chi connectivity index (χ3v) is 9.11. The van der Waals surface area contributed by atoms with Crippen molar-refractivity contribution in [2.75, 3.05) is 11.9 Å². The van der Waals surface area contributed by atoms with Crippen LogP contribution in [0, 0.1) is 0 Å². The summed E-state index contributed by atoms with van der Waals surface area (Å²) in [4.78, 5) is 13.3. The Hall–Kier alpha value is -4.01. The van der Waals surface area contributed by atoms with Gasteiger partial charge in [-0.15, -0.1) is 0 Å². The second kappa shape index (κ2) is 8.30. The molecule has 0 bridgehead atoms. The monoisotopic (exact) mass is 567 g/mol. The average Bonchev–Trinajstić information content (AvgIpc) is 3.46. The zero-order chi connectivity index (χ0) is 28.5. The Balaban J connectivity index is 1.21. The van der Waals surface area contributed by atoms with Crippen molar-refractivity contribution >= 4 is 49.3 Å². The van der Waals surface area contributed by atoms with Crippen molar-refractivity contribution in [3.8, 4) is 0 Å². The zero-order valence-corrected chi connectivity index (χ0v) is 21.9. The van der Waals surface area contributed by atoms with Gasteiger partial charge in [0.15, 0.2) is 28.9 Å². The number of imidazole rings is 1. The van der Waals surface area contributed by atoms with E-state index in [2.05, 4.69) is 44.5 Å². The Morgan fingerprint density at radius 1 is 0.881 bits per heavy atom. The highest BCUT2D eigenvalue weighted by Crippen LogP contribution is 2.59. The molecule has 42 heavy (non-hydrogen) atoms. The first-order chi connectivity index (χ1) is 20.4. The van der Waals surface area contributed by atoms with Crippen molar-refractivity contribution in [3.05, 3.63) is 72.3 Å². The fraction of sp³-hybridized carbons (Fsp3) is 0.300. The number of fused-ring (bicyclic) bond motifs is 5. The molecule has 4 heterocycles. The molecule has 2 aromatic heterocycles. The van der Waals surface area contributed by atoms with Crippen molar-refractivity contribution in [3.63, 3.8) is 0 Å². The molecule has 9 rings (SSSR count). The molecular weight excluding hydrogens is 542 g/mol. The van der Waals surface area contributed by atoms with Gasteiger partial charge in [-0.2, -0.15) is 0 Å². The molecule has 0 spiro atoms. The minimum absolute atomic E-state index is 0.313. The fourth-order valence-corrected chi connectivity index (χ4v) is 7.09. The molecule has 8 atom stereocenters. The Labute approximate surface area is 236 Å². The highest BCUT2D eigenvalue weighted by Gasteiger charge is 2.68. The Bertz CT molecular complexity index is 2030. The first kappa shape index (κ1) is 24.6. The summed E-state index contributed by atoms with van der Waals surface area (Å²) in [5.74, 6) is 0.313. The summed E-state index contributed by atoms with van der Waals surface area (Å²) in [6.45, 7) is -0.458. The third kappa shape index (κ3) is 3.01. The van der Waals surface area contributed by atoms with Gasteiger partial charge in [0.05, 0.1) is 12.9 Å². The largest absolute Gasteiger partial charge is 0.394 e. The number of anilines is 1. The van der Waals surface area contributed by atoms with Gasteiger partial charge in [-0.3, -0.25) is 4.57 Å². The first-order valence-corrected chi connectivity index (χ1v) is 13.7. The quantitative estimate of drug-likeness (QED) is 0.134. The van der Waals surface area contributed by atoms with Gasteiger partial charge in [0.1, 0.15) is 43.0 Å². The predicted octanol–water partition coefficient (Wildman–Crippen LogP) is 1.41. The number of benzene rings is 4. The number of aromatic nitrogens is 4. The molecule has 0 amide bonds. The van der Waals surface area contributed by atoms with E-state index in [1.54, 1.807) is 0 Å². The topological polar surface area (TPSA) is 179 Å². The zero-order valence-electron chi connectivity index (χ0n) is 21.9. The van der Waals surface area contributed by atoms with Gasteiger partial charge in [0, 0.05) is 5.56 Å². The van der Waals surface area contributed by atoms with Crippen LogP contribution >= 0.6 is 0 Å². The predicted molar refractivity (Wildman–Crippen MR) is 150 cm³/mol. The lowest BCUT2D eigenvalue weighted by atomic mass is 9.78. The maximum atomic E-state index is 11.2. The summed E-state index contributed by atoms with van der Waals surface area (Å²) in [6, 6.07) is 16.3. The minimum atomic E-state index is -1.31. The Morgan fingerprint density at radius 3 is 2.45 bits per heavy atom. The van der Waals surface area contributed by atoms with Crippen LogP contribution < -0.4 is 5.32 Å². The van der Waals surface area contributed by atoms with Crippen LogP contribution in [0.5, 0.6) is 0 Å². The van der Waals surface area contributed by atoms with E-state index in [1.165, 1.54) is 17.2 Å². The van der Waals surface area contributed by atoms with Crippen LogP contribution in [0.15, 0.2) is 61.2 Å². The van der Waals surface area contributed by atoms with Gasteiger partial charge >= 0.3 is 0 Å². The maximum Gasteiger partial charge on any atom is 0.197 e. The molecule has 4 aromatic carbocycles. The molecule has 0 saturated carbocycles. The van der Waals surface area contributed by atoms with Crippen LogP contribution in [0.4, 0.5) is 5.82 Å². The highest BCUT2D eigenvalue weighted by molar-refractivity contribution is 6.24. The van der Waals surface area contributed by atoms with E-state index in [0.29, 0.717) is 22.5 Å². The van der Waals surface area contributed by atoms with Crippen molar-refractivity contribution < 1.29 is 35.0 Å². The van der Waals surface area contributed by atoms with Gasteiger partial charge in [-0.1, -0.05) is 42.5 Å². The summed E-state index contributed by atoms with van der Waals surface area (Å²) >= 11 is 0. The number of nitrogens with one attached hydrogen (secondary N) is 1. The van der Waals surface area contributed by atoms with Gasteiger partial charge < -0.3 is 40.3 Å². The second-order valence-corrected chi connectivity index (χ2v) is 11.3. The molecule has 4 unspecified atom stereocenters. The van der Waals surface area contributed by atoms with Gasteiger partial charge in [-0.05, 0) is 43.9 Å². The molecule has 1 aliphatic carbocycles. The lowest BCUT2D eigenvalue weighted by molar-refractivity contribution is -0.0511. The molecule has 2 saturated heterocycles. The molecule has 6 N–H and O–H groups in total. The van der Waals surface area contributed by atoms with Crippen LogP contribution in [0.25, 0.3) is 43.5 Å². The lowest BCUT2D eigenvalue weighted by Crippen LogP contribution is -2.39. The molecule has 12 nitrogen and oxygen atoms in total. The molecule has 6 aromatic rings. The van der Waals surface area contributed by atoms with Crippen molar-refractivity contribution in [2.24, 2.45) is 0 Å². The van der Waals surface area contributed by atoms with E-state index in [9.17, 15) is 25.5 Å². The highest BCUT2D eigenvalue weighted by atomic mass is 16.6. The summed E-state index contributed by atoms with van der Waals surface area (Å²) in [5, 5.41) is 62.3. The molecule has 0 radical (unpaired) electrons. The van der Waals surface area contributed by atoms with Crippen LogP contribution in [0.2, 0.25) is 0 Å². The van der Waals surface area contributed by atoms with E-state index in [1.807, 2.05) is 24.3 Å². The van der Waals surface area contributed by atoms with E-state index in [4.69, 9.17) is 9.47 Å². The van der Waals surface area contributed by atoms with E-state index >= 15 is 0 Å². The van der Waals surface area contributed by atoms with Gasteiger partial charge in [0.25, 0.3) is 0 Å². The van der Waals surface area contributed by atoms with E-state index < -0.39 is 55.2 Å². The normalized spacial score (nSPS) is 32.2. The number of hydrogen-bond acceptors (Lipinski definition) is 11.